The Hall–Kier alpha value is -1.08. The van der Waals surface area contributed by atoms with Crippen LogP contribution in [0, 0.1) is 0 Å². The standard InChI is InChI=1S/C18H19Cl2O2P/c1-2-3-4-12-22-13-8-10-14(11-9-13)23-18(21)17-15(19)6-5-7-16(17)20/h5-11,23H,2-4,12H2,1H3. The second kappa shape index (κ2) is 9.27. The molecule has 0 saturated heterocycles. The minimum Gasteiger partial charge on any atom is -0.494 e. The van der Waals surface area contributed by atoms with E-state index in [-0.39, 0.29) is 14.1 Å². The number of hydrogen-bond donors (Lipinski definition) is 0. The van der Waals surface area contributed by atoms with Gasteiger partial charge in [0, 0.05) is 0 Å². The molecule has 0 aliphatic heterocycles. The van der Waals surface area contributed by atoms with Gasteiger partial charge in [0.05, 0.1) is 22.2 Å². The van der Waals surface area contributed by atoms with E-state index in [9.17, 15) is 4.79 Å². The van der Waals surface area contributed by atoms with Gasteiger partial charge in [-0.15, -0.1) is 0 Å². The van der Waals surface area contributed by atoms with E-state index in [1.165, 1.54) is 12.8 Å². The van der Waals surface area contributed by atoms with Crippen LogP contribution in [0.15, 0.2) is 42.5 Å². The van der Waals surface area contributed by atoms with Crippen LogP contribution in [-0.2, 0) is 0 Å². The number of carbonyl (C=O) groups excluding carboxylic acids is 1. The van der Waals surface area contributed by atoms with Crippen LogP contribution in [-0.4, -0.2) is 12.1 Å². The van der Waals surface area contributed by atoms with Crippen LogP contribution in [0.4, 0.5) is 0 Å². The maximum Gasteiger partial charge on any atom is 0.188 e. The predicted molar refractivity (Wildman–Crippen MR) is 100 cm³/mol. The molecule has 2 nitrogen and oxygen atoms in total. The largest absolute Gasteiger partial charge is 0.494 e. The molecular formula is C18H19Cl2O2P. The van der Waals surface area contributed by atoms with Gasteiger partial charge in [-0.25, -0.2) is 0 Å². The lowest BCUT2D eigenvalue weighted by Gasteiger charge is -2.08. The molecule has 0 bridgehead atoms. The lowest BCUT2D eigenvalue weighted by molar-refractivity contribution is 0.108. The fourth-order valence-electron chi connectivity index (χ4n) is 2.08. The number of carbonyl (C=O) groups is 1. The lowest BCUT2D eigenvalue weighted by Crippen LogP contribution is -2.03. The average Bonchev–Trinajstić information content (AvgIpc) is 2.53. The monoisotopic (exact) mass is 368 g/mol. The fourth-order valence-corrected chi connectivity index (χ4v) is 3.80. The van der Waals surface area contributed by atoms with Crippen LogP contribution in [0.25, 0.3) is 0 Å². The van der Waals surface area contributed by atoms with Crippen LogP contribution in [0.3, 0.4) is 0 Å². The highest BCUT2D eigenvalue weighted by Crippen LogP contribution is 2.30. The first-order chi connectivity index (χ1) is 11.1. The Morgan fingerprint density at radius 1 is 1.04 bits per heavy atom. The van der Waals surface area contributed by atoms with Gasteiger partial charge in [-0.3, -0.25) is 4.79 Å². The SMILES string of the molecule is CCCCCOc1ccc(PC(=O)c2c(Cl)cccc2Cl)cc1. The van der Waals surface area contributed by atoms with Gasteiger partial charge in [0.2, 0.25) is 0 Å². The van der Waals surface area contributed by atoms with Crippen molar-refractivity contribution in [1.29, 1.82) is 0 Å². The van der Waals surface area contributed by atoms with Crippen LogP contribution in [0.1, 0.15) is 36.5 Å². The van der Waals surface area contributed by atoms with E-state index in [0.29, 0.717) is 15.6 Å². The van der Waals surface area contributed by atoms with Crippen molar-refractivity contribution in [2.45, 2.75) is 26.2 Å². The first kappa shape index (κ1) is 18.3. The van der Waals surface area contributed by atoms with Crippen molar-refractivity contribution in [2.24, 2.45) is 0 Å². The van der Waals surface area contributed by atoms with Crippen molar-refractivity contribution in [2.75, 3.05) is 6.61 Å². The highest BCUT2D eigenvalue weighted by molar-refractivity contribution is 7.66. The zero-order chi connectivity index (χ0) is 16.7. The number of rotatable bonds is 8. The summed E-state index contributed by atoms with van der Waals surface area (Å²) in [4.78, 5) is 12.4. The average molecular weight is 369 g/mol. The molecule has 0 heterocycles. The van der Waals surface area contributed by atoms with Crippen molar-refractivity contribution in [3.8, 4) is 5.75 Å². The van der Waals surface area contributed by atoms with Gasteiger partial charge in [0.25, 0.3) is 0 Å². The third-order valence-corrected chi connectivity index (χ3v) is 5.05. The Kier molecular flexibility index (Phi) is 7.36. The topological polar surface area (TPSA) is 26.3 Å². The second-order valence-corrected chi connectivity index (χ2v) is 7.23. The van der Waals surface area contributed by atoms with Crippen molar-refractivity contribution >= 4 is 42.6 Å². The molecule has 0 aliphatic rings. The van der Waals surface area contributed by atoms with Crippen LogP contribution < -0.4 is 10.0 Å². The summed E-state index contributed by atoms with van der Waals surface area (Å²) in [6.07, 6.45) is 3.41. The van der Waals surface area contributed by atoms with E-state index in [1.54, 1.807) is 18.2 Å². The first-order valence-electron chi connectivity index (χ1n) is 7.60. The number of ether oxygens (including phenoxy) is 1. The number of hydrogen-bond acceptors (Lipinski definition) is 2. The molecule has 122 valence electrons. The maximum atomic E-state index is 12.4. The first-order valence-corrected chi connectivity index (χ1v) is 9.35. The number of benzene rings is 2. The molecule has 0 amide bonds. The van der Waals surface area contributed by atoms with E-state index in [4.69, 9.17) is 27.9 Å². The molecule has 0 aliphatic carbocycles. The van der Waals surface area contributed by atoms with Gasteiger partial charge in [-0.1, -0.05) is 61.2 Å². The normalized spacial score (nSPS) is 11.1. The highest BCUT2D eigenvalue weighted by atomic mass is 35.5. The molecule has 2 aromatic carbocycles. The van der Waals surface area contributed by atoms with E-state index in [1.807, 2.05) is 24.3 Å². The van der Waals surface area contributed by atoms with Crippen LogP contribution >= 0.6 is 31.8 Å². The summed E-state index contributed by atoms with van der Waals surface area (Å²) < 4.78 is 5.67. The van der Waals surface area contributed by atoms with Crippen LogP contribution in [0.5, 0.6) is 5.75 Å². The summed E-state index contributed by atoms with van der Waals surface area (Å²) in [5, 5.41) is 1.73. The molecule has 0 saturated carbocycles. The third kappa shape index (κ3) is 5.49. The van der Waals surface area contributed by atoms with Gasteiger partial charge < -0.3 is 4.74 Å². The Bertz CT molecular complexity index is 636. The highest BCUT2D eigenvalue weighted by Gasteiger charge is 2.15. The van der Waals surface area contributed by atoms with Gasteiger partial charge in [0.15, 0.2) is 5.52 Å². The summed E-state index contributed by atoms with van der Waals surface area (Å²) >= 11 is 12.2. The van der Waals surface area contributed by atoms with Gasteiger partial charge in [-0.05, 0) is 44.6 Å². The third-order valence-electron chi connectivity index (χ3n) is 3.32. The molecule has 5 heteroatoms. The maximum absolute atomic E-state index is 12.4. The molecule has 0 radical (unpaired) electrons. The molecule has 0 aromatic heterocycles. The minimum absolute atomic E-state index is 0.0162. The fraction of sp³-hybridized carbons (Fsp3) is 0.278. The zero-order valence-electron chi connectivity index (χ0n) is 12.9. The Morgan fingerprint density at radius 2 is 1.70 bits per heavy atom. The molecule has 2 aromatic rings. The van der Waals surface area contributed by atoms with Crippen molar-refractivity contribution in [3.05, 3.63) is 58.1 Å². The number of unbranched alkanes of at least 4 members (excludes halogenated alkanes) is 2. The molecule has 1 atom stereocenters. The van der Waals surface area contributed by atoms with Crippen molar-refractivity contribution in [1.82, 2.24) is 0 Å². The second-order valence-electron chi connectivity index (χ2n) is 5.13. The summed E-state index contributed by atoms with van der Waals surface area (Å²) in [5.41, 5.74) is 0.339. The summed E-state index contributed by atoms with van der Waals surface area (Å²) in [6.45, 7) is 2.89. The van der Waals surface area contributed by atoms with E-state index < -0.39 is 0 Å². The Balaban J connectivity index is 1.96. The van der Waals surface area contributed by atoms with E-state index in [2.05, 4.69) is 6.92 Å². The summed E-state index contributed by atoms with van der Waals surface area (Å²) in [6, 6.07) is 12.7. The molecule has 23 heavy (non-hydrogen) atoms. The number of halogens is 2. The van der Waals surface area contributed by atoms with Gasteiger partial charge in [-0.2, -0.15) is 0 Å². The summed E-state index contributed by atoms with van der Waals surface area (Å²) in [5.74, 6) is 0.831. The molecule has 0 fully saturated rings. The lowest BCUT2D eigenvalue weighted by atomic mass is 10.2. The van der Waals surface area contributed by atoms with Gasteiger partial charge >= 0.3 is 0 Å². The molecule has 2 rings (SSSR count). The quantitative estimate of drug-likeness (QED) is 0.440. The van der Waals surface area contributed by atoms with Gasteiger partial charge in [0.1, 0.15) is 5.75 Å². The van der Waals surface area contributed by atoms with E-state index in [0.717, 1.165) is 24.1 Å². The zero-order valence-corrected chi connectivity index (χ0v) is 15.5. The molecule has 0 N–H and O–H groups in total. The Labute approximate surface area is 148 Å². The van der Waals surface area contributed by atoms with Crippen molar-refractivity contribution < 1.29 is 9.53 Å². The van der Waals surface area contributed by atoms with Crippen LogP contribution in [0.2, 0.25) is 10.0 Å². The molecular weight excluding hydrogens is 350 g/mol. The predicted octanol–water partition coefficient (Wildman–Crippen LogP) is 5.71. The van der Waals surface area contributed by atoms with Crippen molar-refractivity contribution in [3.63, 3.8) is 0 Å². The minimum atomic E-state index is -0.0581. The smallest absolute Gasteiger partial charge is 0.188 e. The summed E-state index contributed by atoms with van der Waals surface area (Å²) in [7, 11) is -0.0162. The molecule has 1 unspecified atom stereocenters. The molecule has 0 spiro atoms. The van der Waals surface area contributed by atoms with E-state index >= 15 is 0 Å². The Morgan fingerprint density at radius 3 is 2.30 bits per heavy atom.